The van der Waals surface area contributed by atoms with Crippen molar-refractivity contribution < 1.29 is 0 Å². The lowest BCUT2D eigenvalue weighted by molar-refractivity contribution is 0.814. The minimum absolute atomic E-state index is 0.0599. The molecule has 17 heavy (non-hydrogen) atoms. The molecule has 0 aliphatic carbocycles. The first-order chi connectivity index (χ1) is 7.99. The molecular formula is C12H15N3OS. The zero-order valence-corrected chi connectivity index (χ0v) is 11.2. The highest BCUT2D eigenvalue weighted by Gasteiger charge is 2.13. The summed E-state index contributed by atoms with van der Waals surface area (Å²) in [7, 11) is 0. The van der Waals surface area contributed by atoms with Gasteiger partial charge in [0.25, 0.3) is 5.56 Å². The molecule has 0 bridgehead atoms. The van der Waals surface area contributed by atoms with Crippen LogP contribution in [-0.2, 0) is 0 Å². The van der Waals surface area contributed by atoms with Gasteiger partial charge in [-0.05, 0) is 19.8 Å². The highest BCUT2D eigenvalue weighted by Crippen LogP contribution is 2.21. The summed E-state index contributed by atoms with van der Waals surface area (Å²) >= 11 is 1.49. The van der Waals surface area contributed by atoms with Gasteiger partial charge in [-0.2, -0.15) is 0 Å². The fraction of sp³-hybridized carbons (Fsp3) is 0.417. The van der Waals surface area contributed by atoms with E-state index in [1.54, 1.807) is 0 Å². The lowest BCUT2D eigenvalue weighted by atomic mass is 10.0. The van der Waals surface area contributed by atoms with Crippen LogP contribution in [0.5, 0.6) is 0 Å². The van der Waals surface area contributed by atoms with Gasteiger partial charge in [0.15, 0.2) is 10.8 Å². The van der Waals surface area contributed by atoms with Gasteiger partial charge < -0.3 is 4.98 Å². The molecule has 0 atom stereocenters. The van der Waals surface area contributed by atoms with Crippen molar-refractivity contribution in [1.29, 1.82) is 0 Å². The van der Waals surface area contributed by atoms with E-state index in [2.05, 4.69) is 15.0 Å². The van der Waals surface area contributed by atoms with E-state index in [1.807, 2.05) is 33.1 Å². The lowest BCUT2D eigenvalue weighted by Crippen LogP contribution is -2.18. The van der Waals surface area contributed by atoms with Crippen molar-refractivity contribution in [2.45, 2.75) is 33.6 Å². The second kappa shape index (κ2) is 4.41. The van der Waals surface area contributed by atoms with E-state index in [1.165, 1.54) is 11.3 Å². The van der Waals surface area contributed by atoms with Crippen molar-refractivity contribution in [2.24, 2.45) is 0 Å². The first-order valence-corrected chi connectivity index (χ1v) is 6.40. The molecule has 0 fully saturated rings. The molecule has 90 valence electrons. The van der Waals surface area contributed by atoms with Gasteiger partial charge in [-0.1, -0.05) is 13.8 Å². The molecule has 0 spiro atoms. The Balaban J connectivity index is 2.57. The van der Waals surface area contributed by atoms with Crippen molar-refractivity contribution in [3.8, 4) is 10.8 Å². The highest BCUT2D eigenvalue weighted by molar-refractivity contribution is 7.13. The van der Waals surface area contributed by atoms with Gasteiger partial charge in [0.2, 0.25) is 0 Å². The van der Waals surface area contributed by atoms with Crippen molar-refractivity contribution in [3.05, 3.63) is 32.7 Å². The Morgan fingerprint density at radius 1 is 1.29 bits per heavy atom. The van der Waals surface area contributed by atoms with E-state index in [4.69, 9.17) is 0 Å². The first-order valence-electron chi connectivity index (χ1n) is 5.52. The summed E-state index contributed by atoms with van der Waals surface area (Å²) in [5, 5.41) is 2.71. The van der Waals surface area contributed by atoms with Crippen LogP contribution in [0.15, 0.2) is 10.2 Å². The molecular weight excluding hydrogens is 234 g/mol. The number of nitrogens with one attached hydrogen (secondary N) is 1. The number of aryl methyl sites for hydroxylation is 2. The molecule has 0 aromatic carbocycles. The predicted octanol–water partition coefficient (Wildman–Crippen LogP) is 2.63. The maximum atomic E-state index is 12.0. The zero-order valence-electron chi connectivity index (χ0n) is 10.4. The van der Waals surface area contributed by atoms with Gasteiger partial charge >= 0.3 is 0 Å². The van der Waals surface area contributed by atoms with Gasteiger partial charge in [-0.3, -0.25) is 4.79 Å². The van der Waals surface area contributed by atoms with Crippen LogP contribution < -0.4 is 5.56 Å². The second-order valence-corrected chi connectivity index (χ2v) is 5.22. The Morgan fingerprint density at radius 2 is 2.00 bits per heavy atom. The molecule has 1 N–H and O–H groups in total. The van der Waals surface area contributed by atoms with E-state index in [9.17, 15) is 4.79 Å². The fourth-order valence-corrected chi connectivity index (χ4v) is 2.58. The average molecular weight is 249 g/mol. The number of aromatic amines is 1. The standard InChI is InChI=1S/C12H15N3OS/c1-6(2)9-8(4)14-10(15-11(9)16)12-13-7(3)5-17-12/h5-6H,1-4H3,(H,14,15,16). The number of hydrogen-bond donors (Lipinski definition) is 1. The number of thiazole rings is 1. The number of rotatable bonds is 2. The summed E-state index contributed by atoms with van der Waals surface area (Å²) in [6, 6.07) is 0. The molecule has 0 aliphatic rings. The Kier molecular flexibility index (Phi) is 3.11. The Bertz CT molecular complexity index is 598. The highest BCUT2D eigenvalue weighted by atomic mass is 32.1. The Hall–Kier alpha value is -1.49. The summed E-state index contributed by atoms with van der Waals surface area (Å²) in [4.78, 5) is 23.5. The van der Waals surface area contributed by atoms with Crippen LogP contribution in [0.2, 0.25) is 0 Å². The maximum absolute atomic E-state index is 12.0. The molecule has 0 aliphatic heterocycles. The quantitative estimate of drug-likeness (QED) is 0.890. The van der Waals surface area contributed by atoms with Crippen LogP contribution in [0.4, 0.5) is 0 Å². The molecule has 0 saturated carbocycles. The summed E-state index contributed by atoms with van der Waals surface area (Å²) in [5.74, 6) is 0.744. The maximum Gasteiger partial charge on any atom is 0.254 e. The summed E-state index contributed by atoms with van der Waals surface area (Å²) in [5.41, 5.74) is 2.42. The molecule has 0 saturated heterocycles. The van der Waals surface area contributed by atoms with Gasteiger partial charge in [0.05, 0.1) is 0 Å². The van der Waals surface area contributed by atoms with Crippen LogP contribution in [0.3, 0.4) is 0 Å². The van der Waals surface area contributed by atoms with Crippen LogP contribution in [-0.4, -0.2) is 15.0 Å². The summed E-state index contributed by atoms with van der Waals surface area (Å²) < 4.78 is 0. The van der Waals surface area contributed by atoms with Gasteiger partial charge in [-0.15, -0.1) is 11.3 Å². The van der Waals surface area contributed by atoms with E-state index < -0.39 is 0 Å². The van der Waals surface area contributed by atoms with Crippen LogP contribution in [0, 0.1) is 13.8 Å². The molecule has 0 amide bonds. The van der Waals surface area contributed by atoms with E-state index in [0.29, 0.717) is 5.82 Å². The molecule has 5 heteroatoms. The second-order valence-electron chi connectivity index (χ2n) is 4.36. The molecule has 2 heterocycles. The van der Waals surface area contributed by atoms with Gasteiger partial charge in [0, 0.05) is 22.3 Å². The number of nitrogens with zero attached hydrogens (tertiary/aromatic N) is 2. The molecule has 2 aromatic heterocycles. The zero-order chi connectivity index (χ0) is 12.6. The minimum atomic E-state index is -0.0599. The molecule has 2 rings (SSSR count). The van der Waals surface area contributed by atoms with Crippen LogP contribution in [0.25, 0.3) is 10.8 Å². The van der Waals surface area contributed by atoms with Gasteiger partial charge in [0.1, 0.15) is 0 Å². The number of hydrogen-bond acceptors (Lipinski definition) is 4. The van der Waals surface area contributed by atoms with E-state index in [0.717, 1.165) is 22.0 Å². The average Bonchev–Trinajstić information content (AvgIpc) is 2.63. The van der Waals surface area contributed by atoms with Crippen molar-refractivity contribution in [3.63, 3.8) is 0 Å². The van der Waals surface area contributed by atoms with Crippen LogP contribution in [0.1, 0.15) is 36.7 Å². The largest absolute Gasteiger partial charge is 0.304 e. The van der Waals surface area contributed by atoms with Crippen LogP contribution >= 0.6 is 11.3 Å². The third-order valence-corrected chi connectivity index (χ3v) is 3.51. The van der Waals surface area contributed by atoms with Crippen molar-refractivity contribution >= 4 is 11.3 Å². The topological polar surface area (TPSA) is 58.6 Å². The smallest absolute Gasteiger partial charge is 0.254 e. The normalized spacial score (nSPS) is 11.1. The Labute approximate surface area is 104 Å². The van der Waals surface area contributed by atoms with E-state index in [-0.39, 0.29) is 11.5 Å². The van der Waals surface area contributed by atoms with E-state index >= 15 is 0 Å². The third-order valence-electron chi connectivity index (χ3n) is 2.54. The molecule has 0 unspecified atom stereocenters. The van der Waals surface area contributed by atoms with Gasteiger partial charge in [-0.25, -0.2) is 9.97 Å². The van der Waals surface area contributed by atoms with Crippen molar-refractivity contribution in [1.82, 2.24) is 15.0 Å². The fourth-order valence-electron chi connectivity index (χ4n) is 1.84. The summed E-state index contributed by atoms with van der Waals surface area (Å²) in [6.45, 7) is 7.78. The monoisotopic (exact) mass is 249 g/mol. The molecule has 4 nitrogen and oxygen atoms in total. The third kappa shape index (κ3) is 2.29. The minimum Gasteiger partial charge on any atom is -0.304 e. The van der Waals surface area contributed by atoms with Crippen molar-refractivity contribution in [2.75, 3.05) is 0 Å². The Morgan fingerprint density at radius 3 is 2.47 bits per heavy atom. The number of H-pyrrole nitrogens is 1. The summed E-state index contributed by atoms with van der Waals surface area (Å²) in [6.07, 6.45) is 0. The lowest BCUT2D eigenvalue weighted by Gasteiger charge is -2.08. The SMILES string of the molecule is Cc1csc(-c2nc(C)c(C(C)C)c(=O)[nH]2)n1. The predicted molar refractivity (Wildman–Crippen MR) is 69.5 cm³/mol. The first kappa shape index (κ1) is 12.0. The molecule has 2 aromatic rings. The number of aromatic nitrogens is 3. The molecule has 0 radical (unpaired) electrons.